The first-order valence-corrected chi connectivity index (χ1v) is 9.70. The number of carbonyl (C=O) groups is 3. The van der Waals surface area contributed by atoms with Crippen LogP contribution in [0.25, 0.3) is 0 Å². The number of rotatable bonds is 10. The van der Waals surface area contributed by atoms with Crippen LogP contribution < -0.4 is 16.0 Å². The van der Waals surface area contributed by atoms with Gasteiger partial charge in [0.05, 0.1) is 11.3 Å². The van der Waals surface area contributed by atoms with Crippen molar-refractivity contribution in [2.45, 2.75) is 19.8 Å². The Kier molecular flexibility index (Phi) is 9.38. The van der Waals surface area contributed by atoms with Gasteiger partial charge in [-0.05, 0) is 37.5 Å². The zero-order valence-corrected chi connectivity index (χ0v) is 16.6. The summed E-state index contributed by atoms with van der Waals surface area (Å²) in [6, 6.07) is 16.4. The Morgan fingerprint density at radius 1 is 0.862 bits per heavy atom. The van der Waals surface area contributed by atoms with Gasteiger partial charge in [-0.3, -0.25) is 14.4 Å². The number of para-hydroxylation sites is 1. The maximum Gasteiger partial charge on any atom is 0.313 e. The lowest BCUT2D eigenvalue weighted by molar-refractivity contribution is -0.136. The van der Waals surface area contributed by atoms with Crippen LogP contribution in [0, 0.1) is 0 Å². The highest BCUT2D eigenvalue weighted by atomic mass is 16.5. The van der Waals surface area contributed by atoms with Crippen LogP contribution in [0.3, 0.4) is 0 Å². The topological polar surface area (TPSA) is 96.5 Å². The summed E-state index contributed by atoms with van der Waals surface area (Å²) in [6.45, 7) is 3.82. The molecule has 0 aliphatic rings. The van der Waals surface area contributed by atoms with Crippen molar-refractivity contribution in [2.24, 2.45) is 0 Å². The fourth-order valence-electron chi connectivity index (χ4n) is 2.63. The summed E-state index contributed by atoms with van der Waals surface area (Å²) < 4.78 is 5.18. The molecule has 0 aliphatic heterocycles. The average Bonchev–Trinajstić information content (AvgIpc) is 2.74. The number of amides is 3. The lowest BCUT2D eigenvalue weighted by atomic mass is 10.1. The first-order valence-electron chi connectivity index (χ1n) is 9.70. The summed E-state index contributed by atoms with van der Waals surface area (Å²) >= 11 is 0. The minimum Gasteiger partial charge on any atom is -0.382 e. The van der Waals surface area contributed by atoms with Gasteiger partial charge in [0.15, 0.2) is 0 Å². The van der Waals surface area contributed by atoms with Crippen molar-refractivity contribution in [1.82, 2.24) is 10.6 Å². The quantitative estimate of drug-likeness (QED) is 0.423. The molecule has 0 aromatic heterocycles. The molecule has 3 N–H and O–H groups in total. The number of carbonyl (C=O) groups excluding carboxylic acids is 3. The second-order valence-electron chi connectivity index (χ2n) is 6.30. The monoisotopic (exact) mass is 397 g/mol. The van der Waals surface area contributed by atoms with Crippen LogP contribution in [-0.2, 0) is 20.7 Å². The smallest absolute Gasteiger partial charge is 0.313 e. The largest absolute Gasteiger partial charge is 0.382 e. The van der Waals surface area contributed by atoms with E-state index in [0.29, 0.717) is 50.4 Å². The van der Waals surface area contributed by atoms with Gasteiger partial charge >= 0.3 is 11.8 Å². The SMILES string of the molecule is CCOCCCNC(=O)C(=O)Nc1ccccc1C(=O)NCCc1ccccc1. The molecular weight excluding hydrogens is 370 g/mol. The number of hydrogen-bond acceptors (Lipinski definition) is 4. The third-order valence-electron chi connectivity index (χ3n) is 4.12. The van der Waals surface area contributed by atoms with Crippen LogP contribution in [0.5, 0.6) is 0 Å². The Hall–Kier alpha value is -3.19. The predicted octanol–water partition coefficient (Wildman–Crippen LogP) is 2.14. The summed E-state index contributed by atoms with van der Waals surface area (Å²) in [5, 5.41) is 7.88. The van der Waals surface area contributed by atoms with Crippen LogP contribution in [0.15, 0.2) is 54.6 Å². The lowest BCUT2D eigenvalue weighted by Gasteiger charge is -2.11. The second kappa shape index (κ2) is 12.3. The van der Waals surface area contributed by atoms with Crippen LogP contribution >= 0.6 is 0 Å². The molecule has 29 heavy (non-hydrogen) atoms. The van der Waals surface area contributed by atoms with E-state index >= 15 is 0 Å². The molecule has 0 bridgehead atoms. The number of ether oxygens (including phenoxy) is 1. The van der Waals surface area contributed by atoms with Gasteiger partial charge in [0.2, 0.25) is 0 Å². The summed E-state index contributed by atoms with van der Waals surface area (Å²) in [6.07, 6.45) is 1.32. The Morgan fingerprint density at radius 3 is 2.34 bits per heavy atom. The molecule has 2 aromatic carbocycles. The molecule has 0 fully saturated rings. The number of benzene rings is 2. The van der Waals surface area contributed by atoms with Crippen molar-refractivity contribution in [1.29, 1.82) is 0 Å². The van der Waals surface area contributed by atoms with Crippen molar-refractivity contribution in [3.05, 3.63) is 65.7 Å². The molecule has 7 heteroatoms. The van der Waals surface area contributed by atoms with E-state index in [9.17, 15) is 14.4 Å². The first kappa shape index (κ1) is 22.1. The maximum absolute atomic E-state index is 12.5. The normalized spacial score (nSPS) is 10.2. The van der Waals surface area contributed by atoms with Crippen LogP contribution in [0.1, 0.15) is 29.3 Å². The van der Waals surface area contributed by atoms with Gasteiger partial charge in [-0.2, -0.15) is 0 Å². The molecule has 0 aliphatic carbocycles. The fraction of sp³-hybridized carbons (Fsp3) is 0.318. The Balaban J connectivity index is 1.86. The highest BCUT2D eigenvalue weighted by molar-refractivity contribution is 6.40. The van der Waals surface area contributed by atoms with E-state index in [0.717, 1.165) is 5.56 Å². The number of anilines is 1. The van der Waals surface area contributed by atoms with Gasteiger partial charge in [0, 0.05) is 26.3 Å². The zero-order chi connectivity index (χ0) is 20.9. The molecule has 0 saturated heterocycles. The molecule has 2 rings (SSSR count). The van der Waals surface area contributed by atoms with Gasteiger partial charge in [-0.15, -0.1) is 0 Å². The number of nitrogens with one attached hydrogen (secondary N) is 3. The van der Waals surface area contributed by atoms with Crippen molar-refractivity contribution in [3.8, 4) is 0 Å². The van der Waals surface area contributed by atoms with E-state index < -0.39 is 11.8 Å². The van der Waals surface area contributed by atoms with Gasteiger partial charge in [0.25, 0.3) is 5.91 Å². The van der Waals surface area contributed by atoms with Gasteiger partial charge < -0.3 is 20.7 Å². The molecule has 3 amide bonds. The molecule has 154 valence electrons. The van der Waals surface area contributed by atoms with Crippen molar-refractivity contribution >= 4 is 23.4 Å². The van der Waals surface area contributed by atoms with E-state index in [4.69, 9.17) is 4.74 Å². The third kappa shape index (κ3) is 7.75. The van der Waals surface area contributed by atoms with E-state index in [2.05, 4.69) is 16.0 Å². The van der Waals surface area contributed by atoms with Crippen molar-refractivity contribution < 1.29 is 19.1 Å². The summed E-state index contributed by atoms with van der Waals surface area (Å²) in [7, 11) is 0. The molecular formula is C22H27N3O4. The van der Waals surface area contributed by atoms with E-state index in [1.807, 2.05) is 37.3 Å². The Labute approximate surface area is 170 Å². The summed E-state index contributed by atoms with van der Waals surface area (Å²) in [4.78, 5) is 36.5. The summed E-state index contributed by atoms with van der Waals surface area (Å²) in [5.41, 5.74) is 1.72. The van der Waals surface area contributed by atoms with Crippen LogP contribution in [0.4, 0.5) is 5.69 Å². The van der Waals surface area contributed by atoms with Crippen LogP contribution in [0.2, 0.25) is 0 Å². The van der Waals surface area contributed by atoms with E-state index in [1.165, 1.54) is 0 Å². The zero-order valence-electron chi connectivity index (χ0n) is 16.6. The average molecular weight is 397 g/mol. The van der Waals surface area contributed by atoms with E-state index in [-0.39, 0.29) is 5.91 Å². The molecule has 2 aromatic rings. The van der Waals surface area contributed by atoms with Crippen molar-refractivity contribution in [2.75, 3.05) is 31.6 Å². The predicted molar refractivity (Wildman–Crippen MR) is 112 cm³/mol. The first-order chi connectivity index (χ1) is 14.1. The minimum atomic E-state index is -0.814. The fourth-order valence-corrected chi connectivity index (χ4v) is 2.63. The van der Waals surface area contributed by atoms with E-state index in [1.54, 1.807) is 24.3 Å². The highest BCUT2D eigenvalue weighted by Crippen LogP contribution is 2.15. The second-order valence-corrected chi connectivity index (χ2v) is 6.30. The molecule has 0 atom stereocenters. The van der Waals surface area contributed by atoms with Gasteiger partial charge in [-0.25, -0.2) is 0 Å². The lowest BCUT2D eigenvalue weighted by Crippen LogP contribution is -2.37. The molecule has 0 unspecified atom stereocenters. The Morgan fingerprint density at radius 2 is 1.59 bits per heavy atom. The molecule has 0 spiro atoms. The number of hydrogen-bond donors (Lipinski definition) is 3. The Bertz CT molecular complexity index is 809. The minimum absolute atomic E-state index is 0.291. The van der Waals surface area contributed by atoms with Crippen molar-refractivity contribution in [3.63, 3.8) is 0 Å². The third-order valence-corrected chi connectivity index (χ3v) is 4.12. The molecule has 0 radical (unpaired) electrons. The summed E-state index contributed by atoms with van der Waals surface area (Å²) in [5.74, 6) is -1.87. The maximum atomic E-state index is 12.5. The van der Waals surface area contributed by atoms with Gasteiger partial charge in [-0.1, -0.05) is 42.5 Å². The highest BCUT2D eigenvalue weighted by Gasteiger charge is 2.17. The van der Waals surface area contributed by atoms with Gasteiger partial charge in [0.1, 0.15) is 0 Å². The standard InChI is InChI=1S/C22H27N3O4/c1-2-29-16-8-14-23-21(27)22(28)25-19-12-7-6-11-18(19)20(26)24-15-13-17-9-4-3-5-10-17/h3-7,9-12H,2,8,13-16H2,1H3,(H,23,27)(H,24,26)(H,25,28). The molecule has 0 heterocycles. The molecule has 0 saturated carbocycles. The van der Waals surface area contributed by atoms with Crippen LogP contribution in [-0.4, -0.2) is 44.0 Å². The molecule has 7 nitrogen and oxygen atoms in total.